The number of nitrogens with one attached hydrogen (secondary N) is 1. The molecule has 1 saturated carbocycles. The van der Waals surface area contributed by atoms with Crippen molar-refractivity contribution in [2.75, 3.05) is 5.32 Å². The Balaban J connectivity index is 1.83. The first-order valence-electron chi connectivity index (χ1n) is 6.47. The van der Waals surface area contributed by atoms with Gasteiger partial charge in [0.15, 0.2) is 5.13 Å². The molecule has 3 rings (SSSR count). The molecule has 1 amide bonds. The van der Waals surface area contributed by atoms with E-state index in [1.54, 1.807) is 0 Å². The SMILES string of the molecule is Cc1ccc(C)c(-c2csc(NC(=O)C3CC3)n2)c1. The molecule has 0 spiro atoms. The van der Waals surface area contributed by atoms with E-state index in [1.165, 1.54) is 22.5 Å². The fourth-order valence-corrected chi connectivity index (χ4v) is 2.73. The molecule has 0 bridgehead atoms. The first kappa shape index (κ1) is 12.4. The smallest absolute Gasteiger partial charge is 0.229 e. The summed E-state index contributed by atoms with van der Waals surface area (Å²) in [7, 11) is 0. The molecule has 0 aliphatic heterocycles. The van der Waals surface area contributed by atoms with Crippen LogP contribution in [0.2, 0.25) is 0 Å². The van der Waals surface area contributed by atoms with E-state index in [-0.39, 0.29) is 11.8 Å². The van der Waals surface area contributed by atoms with Crippen LogP contribution in [0.1, 0.15) is 24.0 Å². The standard InChI is InChI=1S/C15H16N2OS/c1-9-3-4-10(2)12(7-9)13-8-19-15(16-13)17-14(18)11-5-6-11/h3-4,7-8,11H,5-6H2,1-2H3,(H,16,17,18). The molecule has 4 heteroatoms. The van der Waals surface area contributed by atoms with Crippen LogP contribution in [0.4, 0.5) is 5.13 Å². The number of anilines is 1. The molecule has 98 valence electrons. The molecule has 1 fully saturated rings. The summed E-state index contributed by atoms with van der Waals surface area (Å²) in [4.78, 5) is 16.2. The summed E-state index contributed by atoms with van der Waals surface area (Å²) in [5.41, 5.74) is 4.51. The van der Waals surface area contributed by atoms with Crippen molar-refractivity contribution in [2.45, 2.75) is 26.7 Å². The van der Waals surface area contributed by atoms with Gasteiger partial charge in [-0.15, -0.1) is 11.3 Å². The van der Waals surface area contributed by atoms with Gasteiger partial charge in [-0.25, -0.2) is 4.98 Å². The normalized spacial score (nSPS) is 14.4. The summed E-state index contributed by atoms with van der Waals surface area (Å²) >= 11 is 1.49. The molecule has 0 atom stereocenters. The highest BCUT2D eigenvalue weighted by Crippen LogP contribution is 2.32. The third-order valence-electron chi connectivity index (χ3n) is 3.35. The second-order valence-corrected chi connectivity index (χ2v) is 5.98. The molecule has 0 unspecified atom stereocenters. The number of rotatable bonds is 3. The molecule has 19 heavy (non-hydrogen) atoms. The number of nitrogens with zero attached hydrogens (tertiary/aromatic N) is 1. The summed E-state index contributed by atoms with van der Waals surface area (Å²) in [5.74, 6) is 0.329. The Bertz CT molecular complexity index is 629. The second-order valence-electron chi connectivity index (χ2n) is 5.12. The van der Waals surface area contributed by atoms with Crippen molar-refractivity contribution in [1.82, 2.24) is 4.98 Å². The Labute approximate surface area is 116 Å². The first-order valence-corrected chi connectivity index (χ1v) is 7.35. The monoisotopic (exact) mass is 272 g/mol. The van der Waals surface area contributed by atoms with Crippen molar-refractivity contribution in [3.8, 4) is 11.3 Å². The fourth-order valence-electron chi connectivity index (χ4n) is 2.02. The van der Waals surface area contributed by atoms with Crippen LogP contribution in [-0.4, -0.2) is 10.9 Å². The summed E-state index contributed by atoms with van der Waals surface area (Å²) in [5, 5.41) is 5.60. The van der Waals surface area contributed by atoms with Gasteiger partial charge in [0.05, 0.1) is 5.69 Å². The Morgan fingerprint density at radius 3 is 2.89 bits per heavy atom. The van der Waals surface area contributed by atoms with Gasteiger partial charge >= 0.3 is 0 Å². The Kier molecular flexibility index (Phi) is 3.11. The number of carbonyl (C=O) groups is 1. The zero-order chi connectivity index (χ0) is 13.4. The number of carbonyl (C=O) groups excluding carboxylic acids is 1. The van der Waals surface area contributed by atoms with Gasteiger partial charge in [-0.1, -0.05) is 17.7 Å². The Morgan fingerprint density at radius 2 is 2.16 bits per heavy atom. The van der Waals surface area contributed by atoms with Crippen LogP contribution < -0.4 is 5.32 Å². The van der Waals surface area contributed by atoms with Crippen LogP contribution in [0.15, 0.2) is 23.6 Å². The van der Waals surface area contributed by atoms with Gasteiger partial charge in [0.2, 0.25) is 5.91 Å². The summed E-state index contributed by atoms with van der Waals surface area (Å²) < 4.78 is 0. The van der Waals surface area contributed by atoms with Gasteiger partial charge in [0.25, 0.3) is 0 Å². The number of aromatic nitrogens is 1. The lowest BCUT2D eigenvalue weighted by atomic mass is 10.0. The third kappa shape index (κ3) is 2.68. The molecule has 1 aliphatic rings. The van der Waals surface area contributed by atoms with Crippen LogP contribution in [0.25, 0.3) is 11.3 Å². The Morgan fingerprint density at radius 1 is 1.37 bits per heavy atom. The molecule has 3 nitrogen and oxygen atoms in total. The Hall–Kier alpha value is -1.68. The van der Waals surface area contributed by atoms with Crippen molar-refractivity contribution < 1.29 is 4.79 Å². The fraction of sp³-hybridized carbons (Fsp3) is 0.333. The number of amides is 1. The highest BCUT2D eigenvalue weighted by atomic mass is 32.1. The summed E-state index contributed by atoms with van der Waals surface area (Å²) in [6.07, 6.45) is 2.03. The minimum absolute atomic E-state index is 0.113. The van der Waals surface area contributed by atoms with E-state index >= 15 is 0 Å². The van der Waals surface area contributed by atoms with Gasteiger partial charge in [0.1, 0.15) is 0 Å². The molecule has 1 aromatic heterocycles. The van der Waals surface area contributed by atoms with Crippen LogP contribution >= 0.6 is 11.3 Å². The lowest BCUT2D eigenvalue weighted by molar-refractivity contribution is -0.117. The molecule has 1 N–H and O–H groups in total. The topological polar surface area (TPSA) is 42.0 Å². The molecule has 0 saturated heterocycles. The van der Waals surface area contributed by atoms with Crippen LogP contribution in [-0.2, 0) is 4.79 Å². The van der Waals surface area contributed by atoms with Crippen LogP contribution in [0.5, 0.6) is 0 Å². The minimum atomic E-state index is 0.113. The minimum Gasteiger partial charge on any atom is -0.302 e. The van der Waals surface area contributed by atoms with Crippen molar-refractivity contribution in [3.63, 3.8) is 0 Å². The average Bonchev–Trinajstić information content (AvgIpc) is 3.14. The van der Waals surface area contributed by atoms with E-state index in [0.29, 0.717) is 5.13 Å². The second kappa shape index (κ2) is 4.78. The van der Waals surface area contributed by atoms with E-state index in [1.807, 2.05) is 5.38 Å². The van der Waals surface area contributed by atoms with E-state index < -0.39 is 0 Å². The highest BCUT2D eigenvalue weighted by Gasteiger charge is 2.30. The zero-order valence-corrected chi connectivity index (χ0v) is 11.9. The molecular weight excluding hydrogens is 256 g/mol. The van der Waals surface area contributed by atoms with Crippen molar-refractivity contribution in [2.24, 2.45) is 5.92 Å². The lowest BCUT2D eigenvalue weighted by Crippen LogP contribution is -2.12. The molecular formula is C15H16N2OS. The number of thiazole rings is 1. The van der Waals surface area contributed by atoms with Crippen LogP contribution in [0.3, 0.4) is 0 Å². The zero-order valence-electron chi connectivity index (χ0n) is 11.1. The number of hydrogen-bond acceptors (Lipinski definition) is 3. The predicted molar refractivity (Wildman–Crippen MR) is 78.4 cm³/mol. The van der Waals surface area contributed by atoms with E-state index in [4.69, 9.17) is 0 Å². The molecule has 0 radical (unpaired) electrons. The van der Waals surface area contributed by atoms with Crippen LogP contribution in [0, 0.1) is 19.8 Å². The van der Waals surface area contributed by atoms with Crippen molar-refractivity contribution in [3.05, 3.63) is 34.7 Å². The van der Waals surface area contributed by atoms with Gasteiger partial charge < -0.3 is 5.32 Å². The summed E-state index contributed by atoms with van der Waals surface area (Å²) in [6, 6.07) is 6.34. The number of hydrogen-bond donors (Lipinski definition) is 1. The number of benzene rings is 1. The largest absolute Gasteiger partial charge is 0.302 e. The molecule has 2 aromatic rings. The van der Waals surface area contributed by atoms with E-state index in [2.05, 4.69) is 42.3 Å². The van der Waals surface area contributed by atoms with Gasteiger partial charge in [-0.3, -0.25) is 4.79 Å². The first-order chi connectivity index (χ1) is 9.13. The molecule has 1 aliphatic carbocycles. The maximum absolute atomic E-state index is 11.7. The predicted octanol–water partition coefficient (Wildman–Crippen LogP) is 3.78. The maximum atomic E-state index is 11.7. The quantitative estimate of drug-likeness (QED) is 0.924. The molecule has 1 aromatic carbocycles. The van der Waals surface area contributed by atoms with Crippen molar-refractivity contribution in [1.29, 1.82) is 0 Å². The summed E-state index contributed by atoms with van der Waals surface area (Å²) in [6.45, 7) is 4.15. The van der Waals surface area contributed by atoms with Gasteiger partial charge in [-0.05, 0) is 38.3 Å². The van der Waals surface area contributed by atoms with Gasteiger partial charge in [-0.2, -0.15) is 0 Å². The third-order valence-corrected chi connectivity index (χ3v) is 4.11. The van der Waals surface area contributed by atoms with Crippen molar-refractivity contribution >= 4 is 22.4 Å². The maximum Gasteiger partial charge on any atom is 0.229 e. The van der Waals surface area contributed by atoms with E-state index in [9.17, 15) is 4.79 Å². The average molecular weight is 272 g/mol. The number of aryl methyl sites for hydroxylation is 2. The lowest BCUT2D eigenvalue weighted by Gasteiger charge is -2.03. The van der Waals surface area contributed by atoms with E-state index in [0.717, 1.165) is 24.1 Å². The molecule has 1 heterocycles. The highest BCUT2D eigenvalue weighted by molar-refractivity contribution is 7.14. The van der Waals surface area contributed by atoms with Gasteiger partial charge in [0, 0.05) is 16.9 Å².